The minimum Gasteiger partial charge on any atom is -0.370 e. The van der Waals surface area contributed by atoms with Crippen LogP contribution in [0, 0.1) is 19.7 Å². The summed E-state index contributed by atoms with van der Waals surface area (Å²) < 4.78 is 14.3. The quantitative estimate of drug-likeness (QED) is 0.841. The first-order valence-corrected chi connectivity index (χ1v) is 8.26. The van der Waals surface area contributed by atoms with Crippen LogP contribution in [0.25, 0.3) is 0 Å². The number of halogens is 1. The third-order valence-electron chi connectivity index (χ3n) is 4.27. The maximum absolute atomic E-state index is 14.3. The molecule has 6 nitrogen and oxygen atoms in total. The monoisotopic (exact) mass is 346 g/mol. The zero-order chi connectivity index (χ0) is 18.6. The van der Waals surface area contributed by atoms with Crippen LogP contribution in [0.1, 0.15) is 41.0 Å². The van der Waals surface area contributed by atoms with Gasteiger partial charge >= 0.3 is 0 Å². The zero-order valence-electron chi connectivity index (χ0n) is 14.9. The molecule has 25 heavy (non-hydrogen) atoms. The van der Waals surface area contributed by atoms with Crippen molar-refractivity contribution in [3.05, 3.63) is 56.8 Å². The highest BCUT2D eigenvalue weighted by atomic mass is 19.1. The van der Waals surface area contributed by atoms with Crippen LogP contribution < -0.4 is 15.8 Å². The molecule has 0 aliphatic rings. The summed E-state index contributed by atoms with van der Waals surface area (Å²) in [5.74, 6) is -0.832. The van der Waals surface area contributed by atoms with Gasteiger partial charge in [0.15, 0.2) is 0 Å². The largest absolute Gasteiger partial charge is 0.370 e. The molecule has 0 saturated carbocycles. The Kier molecular flexibility index (Phi) is 5.90. The van der Waals surface area contributed by atoms with E-state index in [-0.39, 0.29) is 17.9 Å². The van der Waals surface area contributed by atoms with E-state index in [1.807, 2.05) is 18.7 Å². The van der Waals surface area contributed by atoms with Gasteiger partial charge in [-0.3, -0.25) is 9.59 Å². The maximum Gasteiger partial charge on any atom is 0.277 e. The summed E-state index contributed by atoms with van der Waals surface area (Å²) in [6.07, 6.45) is 0. The van der Waals surface area contributed by atoms with Gasteiger partial charge in [-0.15, -0.1) is 0 Å². The second-order valence-electron chi connectivity index (χ2n) is 5.78. The summed E-state index contributed by atoms with van der Waals surface area (Å²) in [6.45, 7) is 8.88. The fourth-order valence-corrected chi connectivity index (χ4v) is 2.65. The number of anilines is 1. The number of carbonyl (C=O) groups excluding carboxylic acids is 1. The van der Waals surface area contributed by atoms with E-state index in [1.54, 1.807) is 26.0 Å². The Morgan fingerprint density at radius 2 is 1.96 bits per heavy atom. The number of aromatic amines is 1. The number of hydrogen-bond donors (Lipinski definition) is 2. The van der Waals surface area contributed by atoms with Gasteiger partial charge in [0.2, 0.25) is 0 Å². The minimum atomic E-state index is -0.538. The Morgan fingerprint density at radius 1 is 1.28 bits per heavy atom. The Bertz CT molecular complexity index is 828. The van der Waals surface area contributed by atoms with Crippen molar-refractivity contribution in [3.8, 4) is 0 Å². The second kappa shape index (κ2) is 7.92. The lowest BCUT2D eigenvalue weighted by Gasteiger charge is -2.22. The molecule has 0 saturated heterocycles. The van der Waals surface area contributed by atoms with Crippen LogP contribution in [0.15, 0.2) is 23.0 Å². The molecule has 0 fully saturated rings. The molecule has 2 aromatic rings. The highest BCUT2D eigenvalue weighted by Gasteiger charge is 2.16. The van der Waals surface area contributed by atoms with Crippen molar-refractivity contribution >= 4 is 11.6 Å². The van der Waals surface area contributed by atoms with Gasteiger partial charge in [0.1, 0.15) is 11.4 Å². The average molecular weight is 346 g/mol. The van der Waals surface area contributed by atoms with E-state index in [4.69, 9.17) is 0 Å². The molecule has 1 aromatic heterocycles. The minimum absolute atomic E-state index is 0.0349. The molecule has 1 aromatic carbocycles. The molecule has 2 N–H and O–H groups in total. The van der Waals surface area contributed by atoms with Gasteiger partial charge in [-0.25, -0.2) is 9.49 Å². The van der Waals surface area contributed by atoms with E-state index in [0.717, 1.165) is 0 Å². The number of rotatable bonds is 6. The van der Waals surface area contributed by atoms with E-state index in [1.165, 1.54) is 6.07 Å². The van der Waals surface area contributed by atoms with Gasteiger partial charge in [0, 0.05) is 19.6 Å². The Morgan fingerprint density at radius 3 is 2.56 bits per heavy atom. The molecule has 1 heterocycles. The molecule has 0 aliphatic carbocycles. The zero-order valence-corrected chi connectivity index (χ0v) is 14.9. The van der Waals surface area contributed by atoms with Crippen molar-refractivity contribution in [1.82, 2.24) is 15.5 Å². The fraction of sp³-hybridized carbons (Fsp3) is 0.389. The second-order valence-corrected chi connectivity index (χ2v) is 5.78. The number of H-pyrrole nitrogens is 1. The van der Waals surface area contributed by atoms with E-state index in [2.05, 4.69) is 15.5 Å². The molecule has 134 valence electrons. The number of benzene rings is 1. The summed E-state index contributed by atoms with van der Waals surface area (Å²) in [5.41, 5.74) is 1.78. The van der Waals surface area contributed by atoms with Crippen LogP contribution in [-0.4, -0.2) is 29.2 Å². The average Bonchev–Trinajstić information content (AvgIpc) is 2.59. The number of aromatic nitrogens is 2. The first kappa shape index (κ1) is 18.6. The fourth-order valence-electron chi connectivity index (χ4n) is 2.65. The normalized spacial score (nSPS) is 10.6. The van der Waals surface area contributed by atoms with Crippen molar-refractivity contribution in [2.45, 2.75) is 34.2 Å². The lowest BCUT2D eigenvalue weighted by molar-refractivity contribution is 0.0948. The van der Waals surface area contributed by atoms with Gasteiger partial charge < -0.3 is 10.2 Å². The standard InChI is InChI=1S/C18H23FN4O2/c1-5-23(6-2)15-8-7-13(9-14(15)19)10-20-17(24)16-11(3)12(4)21-22-18(16)25/h7-9H,5-6,10H2,1-4H3,(H,20,24)(H,22,25). The van der Waals surface area contributed by atoms with Gasteiger partial charge in [0.05, 0.1) is 11.4 Å². The summed E-state index contributed by atoms with van der Waals surface area (Å²) in [5, 5.41) is 8.78. The molecule has 0 aliphatic heterocycles. The Hall–Kier alpha value is -2.70. The number of nitrogens with zero attached hydrogens (tertiary/aromatic N) is 2. The predicted octanol–water partition coefficient (Wildman–Crippen LogP) is 2.30. The summed E-state index contributed by atoms with van der Waals surface area (Å²) in [6, 6.07) is 4.88. The number of nitrogens with one attached hydrogen (secondary N) is 2. The summed E-state index contributed by atoms with van der Waals surface area (Å²) in [7, 11) is 0. The number of hydrogen-bond acceptors (Lipinski definition) is 4. The molecule has 0 unspecified atom stereocenters. The van der Waals surface area contributed by atoms with Crippen LogP contribution in [0.2, 0.25) is 0 Å². The van der Waals surface area contributed by atoms with Crippen LogP contribution in [0.5, 0.6) is 0 Å². The highest BCUT2D eigenvalue weighted by molar-refractivity contribution is 5.95. The summed E-state index contributed by atoms with van der Waals surface area (Å²) in [4.78, 5) is 26.1. The van der Waals surface area contributed by atoms with Gasteiger partial charge in [-0.05, 0) is 51.0 Å². The van der Waals surface area contributed by atoms with Gasteiger partial charge in [-0.1, -0.05) is 6.07 Å². The predicted molar refractivity (Wildman–Crippen MR) is 95.5 cm³/mol. The van der Waals surface area contributed by atoms with Gasteiger partial charge in [0.25, 0.3) is 11.5 Å². The molecular formula is C18H23FN4O2. The lowest BCUT2D eigenvalue weighted by atomic mass is 10.1. The SMILES string of the molecule is CCN(CC)c1ccc(CNC(=O)c2c(C)c(C)n[nH]c2=O)cc1F. The first-order valence-electron chi connectivity index (χ1n) is 8.26. The molecule has 0 atom stereocenters. The Labute approximate surface area is 146 Å². The lowest BCUT2D eigenvalue weighted by Crippen LogP contribution is -2.31. The molecule has 0 radical (unpaired) electrons. The Balaban J connectivity index is 2.14. The molecular weight excluding hydrogens is 323 g/mol. The van der Waals surface area contributed by atoms with Crippen molar-refractivity contribution in [3.63, 3.8) is 0 Å². The smallest absolute Gasteiger partial charge is 0.277 e. The number of aryl methyl sites for hydroxylation is 1. The van der Waals surface area contributed by atoms with Crippen molar-refractivity contribution < 1.29 is 9.18 Å². The van der Waals surface area contributed by atoms with E-state index in [9.17, 15) is 14.0 Å². The molecule has 2 rings (SSSR count). The maximum atomic E-state index is 14.3. The highest BCUT2D eigenvalue weighted by Crippen LogP contribution is 2.20. The van der Waals surface area contributed by atoms with Crippen LogP contribution in [-0.2, 0) is 6.54 Å². The van der Waals surface area contributed by atoms with E-state index in [0.29, 0.717) is 35.6 Å². The van der Waals surface area contributed by atoms with Crippen LogP contribution in [0.3, 0.4) is 0 Å². The number of amides is 1. The molecule has 0 bridgehead atoms. The summed E-state index contributed by atoms with van der Waals surface area (Å²) >= 11 is 0. The topological polar surface area (TPSA) is 78.1 Å². The third kappa shape index (κ3) is 4.04. The van der Waals surface area contributed by atoms with Gasteiger partial charge in [-0.2, -0.15) is 5.10 Å². The van der Waals surface area contributed by atoms with Crippen LogP contribution in [0.4, 0.5) is 10.1 Å². The number of carbonyl (C=O) groups is 1. The molecule has 0 spiro atoms. The van der Waals surface area contributed by atoms with Crippen molar-refractivity contribution in [1.29, 1.82) is 0 Å². The van der Waals surface area contributed by atoms with Crippen LogP contribution >= 0.6 is 0 Å². The molecule has 7 heteroatoms. The molecule has 1 amide bonds. The third-order valence-corrected chi connectivity index (χ3v) is 4.27. The first-order chi connectivity index (χ1) is 11.9. The van der Waals surface area contributed by atoms with Crippen molar-refractivity contribution in [2.24, 2.45) is 0 Å². The van der Waals surface area contributed by atoms with E-state index < -0.39 is 11.5 Å². The van der Waals surface area contributed by atoms with Crippen molar-refractivity contribution in [2.75, 3.05) is 18.0 Å². The van der Waals surface area contributed by atoms with E-state index >= 15 is 0 Å².